The van der Waals surface area contributed by atoms with E-state index in [-0.39, 0.29) is 6.61 Å². The Bertz CT molecular complexity index is 1090. The van der Waals surface area contributed by atoms with Gasteiger partial charge in [-0.2, -0.15) is 0 Å². The molecule has 0 bridgehead atoms. The molecule has 0 saturated carbocycles. The van der Waals surface area contributed by atoms with Gasteiger partial charge in [-0.05, 0) is 48.4 Å². The molecule has 0 saturated heterocycles. The number of aryl methyl sites for hydroxylation is 1. The predicted molar refractivity (Wildman–Crippen MR) is 114 cm³/mol. The van der Waals surface area contributed by atoms with Crippen LogP contribution in [0.1, 0.15) is 33.2 Å². The van der Waals surface area contributed by atoms with Crippen LogP contribution in [0.3, 0.4) is 0 Å². The number of nitrogens with one attached hydrogen (secondary N) is 1. The van der Waals surface area contributed by atoms with Crippen molar-refractivity contribution in [3.05, 3.63) is 89.5 Å². The molecule has 0 spiro atoms. The van der Waals surface area contributed by atoms with E-state index in [0.717, 1.165) is 11.3 Å². The van der Waals surface area contributed by atoms with Crippen LogP contribution in [0, 0.1) is 0 Å². The summed E-state index contributed by atoms with van der Waals surface area (Å²) in [6.07, 6.45) is 0.926. The second-order valence-electron chi connectivity index (χ2n) is 6.84. The highest BCUT2D eigenvalue weighted by atomic mass is 16.5. The van der Waals surface area contributed by atoms with Gasteiger partial charge in [-0.3, -0.25) is 14.4 Å². The fourth-order valence-corrected chi connectivity index (χ4v) is 3.34. The van der Waals surface area contributed by atoms with E-state index < -0.39 is 17.7 Å². The Morgan fingerprint density at radius 2 is 1.47 bits per heavy atom. The lowest BCUT2D eigenvalue weighted by Crippen LogP contribution is -2.31. The van der Waals surface area contributed by atoms with E-state index in [1.807, 2.05) is 24.3 Å². The number of hydrogen-bond acceptors (Lipinski definition) is 4. The number of para-hydroxylation sites is 2. The Labute approximate surface area is 174 Å². The van der Waals surface area contributed by atoms with Crippen LogP contribution in [0.4, 0.5) is 11.4 Å². The number of anilines is 2. The molecule has 3 amide bonds. The second kappa shape index (κ2) is 8.21. The Morgan fingerprint density at radius 1 is 0.867 bits per heavy atom. The number of benzene rings is 3. The largest absolute Gasteiger partial charge is 0.484 e. The van der Waals surface area contributed by atoms with Crippen LogP contribution in [0.2, 0.25) is 0 Å². The summed E-state index contributed by atoms with van der Waals surface area (Å²) in [5.41, 5.74) is 2.57. The van der Waals surface area contributed by atoms with Crippen LogP contribution in [-0.2, 0) is 11.2 Å². The zero-order valence-corrected chi connectivity index (χ0v) is 16.4. The number of nitrogens with zero attached hydrogens (tertiary/aromatic N) is 1. The minimum Gasteiger partial charge on any atom is -0.484 e. The molecule has 30 heavy (non-hydrogen) atoms. The predicted octanol–water partition coefficient (Wildman–Crippen LogP) is 4.07. The number of carbonyl (C=O) groups excluding carboxylic acids is 3. The third-order valence-corrected chi connectivity index (χ3v) is 4.91. The minimum absolute atomic E-state index is 0.193. The summed E-state index contributed by atoms with van der Waals surface area (Å²) in [4.78, 5) is 39.1. The molecular weight excluding hydrogens is 380 g/mol. The first-order valence-electron chi connectivity index (χ1n) is 9.67. The number of hydrogen-bond donors (Lipinski definition) is 1. The van der Waals surface area contributed by atoms with Crippen molar-refractivity contribution < 1.29 is 19.1 Å². The molecule has 150 valence electrons. The van der Waals surface area contributed by atoms with Crippen molar-refractivity contribution in [3.8, 4) is 5.75 Å². The summed E-state index contributed by atoms with van der Waals surface area (Å²) in [5.74, 6) is -0.622. The smallest absolute Gasteiger partial charge is 0.266 e. The summed E-state index contributed by atoms with van der Waals surface area (Å²) < 4.78 is 5.54. The summed E-state index contributed by atoms with van der Waals surface area (Å²) in [6.45, 7) is 1.87. The van der Waals surface area contributed by atoms with Gasteiger partial charge in [0.1, 0.15) is 5.75 Å². The lowest BCUT2D eigenvalue weighted by Gasteiger charge is -2.18. The molecular formula is C24H20N2O4. The summed E-state index contributed by atoms with van der Waals surface area (Å²) in [5, 5.41) is 2.74. The maximum absolute atomic E-state index is 12.8. The Hall–Kier alpha value is -3.93. The zero-order valence-electron chi connectivity index (χ0n) is 16.4. The van der Waals surface area contributed by atoms with Crippen molar-refractivity contribution in [1.82, 2.24) is 0 Å². The molecule has 0 aromatic heterocycles. The van der Waals surface area contributed by atoms with Crippen molar-refractivity contribution in [2.45, 2.75) is 13.3 Å². The average Bonchev–Trinajstić information content (AvgIpc) is 3.03. The number of imide groups is 1. The van der Waals surface area contributed by atoms with Gasteiger partial charge in [0.25, 0.3) is 17.7 Å². The van der Waals surface area contributed by atoms with Crippen LogP contribution in [0.5, 0.6) is 5.75 Å². The monoisotopic (exact) mass is 400 g/mol. The first-order valence-corrected chi connectivity index (χ1v) is 9.67. The maximum Gasteiger partial charge on any atom is 0.266 e. The van der Waals surface area contributed by atoms with Crippen LogP contribution in [-0.4, -0.2) is 24.3 Å². The molecule has 0 radical (unpaired) electrons. The molecule has 0 aliphatic carbocycles. The standard InChI is InChI=1S/C24H20N2O4/c1-2-16-11-13-17(14-12-16)30-15-22(27)25-20-9-5-6-10-21(20)26-23(28)18-7-3-4-8-19(18)24(26)29/h3-14H,2,15H2,1H3,(H,25,27). The highest BCUT2D eigenvalue weighted by Gasteiger charge is 2.37. The van der Waals surface area contributed by atoms with Gasteiger partial charge in [0.2, 0.25) is 0 Å². The number of fused-ring (bicyclic) bond motifs is 1. The normalized spacial score (nSPS) is 12.6. The molecule has 0 unspecified atom stereocenters. The number of ether oxygens (including phenoxy) is 1. The van der Waals surface area contributed by atoms with Crippen molar-refractivity contribution in [2.24, 2.45) is 0 Å². The maximum atomic E-state index is 12.8. The molecule has 6 nitrogen and oxygen atoms in total. The summed E-state index contributed by atoms with van der Waals surface area (Å²) in [7, 11) is 0. The molecule has 0 atom stereocenters. The number of rotatable bonds is 6. The quantitative estimate of drug-likeness (QED) is 0.633. The number of amides is 3. The van der Waals surface area contributed by atoms with E-state index in [0.29, 0.717) is 28.3 Å². The lowest BCUT2D eigenvalue weighted by atomic mass is 10.1. The van der Waals surface area contributed by atoms with E-state index in [1.54, 1.807) is 48.5 Å². The molecule has 1 N–H and O–H groups in total. The van der Waals surface area contributed by atoms with Gasteiger partial charge >= 0.3 is 0 Å². The van der Waals surface area contributed by atoms with Crippen molar-refractivity contribution >= 4 is 29.1 Å². The first-order chi connectivity index (χ1) is 14.6. The fraction of sp³-hybridized carbons (Fsp3) is 0.125. The van der Waals surface area contributed by atoms with Crippen LogP contribution in [0.15, 0.2) is 72.8 Å². The lowest BCUT2D eigenvalue weighted by molar-refractivity contribution is -0.118. The second-order valence-corrected chi connectivity index (χ2v) is 6.84. The summed E-state index contributed by atoms with van der Waals surface area (Å²) in [6, 6.07) is 20.9. The minimum atomic E-state index is -0.412. The Kier molecular flexibility index (Phi) is 5.30. The molecule has 3 aromatic rings. The Balaban J connectivity index is 1.49. The van der Waals surface area contributed by atoms with Gasteiger partial charge in [-0.15, -0.1) is 0 Å². The van der Waals surface area contributed by atoms with Crippen LogP contribution < -0.4 is 15.0 Å². The molecule has 4 rings (SSSR count). The molecule has 0 fully saturated rings. The third kappa shape index (κ3) is 3.67. The van der Waals surface area contributed by atoms with Gasteiger partial charge in [0.05, 0.1) is 22.5 Å². The first kappa shape index (κ1) is 19.4. The average molecular weight is 400 g/mol. The van der Waals surface area contributed by atoms with Crippen molar-refractivity contribution in [3.63, 3.8) is 0 Å². The van der Waals surface area contributed by atoms with E-state index in [2.05, 4.69) is 12.2 Å². The molecule has 1 heterocycles. The summed E-state index contributed by atoms with van der Waals surface area (Å²) >= 11 is 0. The number of carbonyl (C=O) groups is 3. The third-order valence-electron chi connectivity index (χ3n) is 4.91. The van der Waals surface area contributed by atoms with E-state index >= 15 is 0 Å². The van der Waals surface area contributed by atoms with Gasteiger partial charge in [0.15, 0.2) is 6.61 Å². The molecule has 1 aliphatic heterocycles. The van der Waals surface area contributed by atoms with Crippen LogP contribution in [0.25, 0.3) is 0 Å². The van der Waals surface area contributed by atoms with E-state index in [4.69, 9.17) is 4.74 Å². The highest BCUT2D eigenvalue weighted by Crippen LogP contribution is 2.33. The zero-order chi connectivity index (χ0) is 21.1. The van der Waals surface area contributed by atoms with E-state index in [1.165, 1.54) is 5.56 Å². The molecule has 6 heteroatoms. The van der Waals surface area contributed by atoms with Gasteiger partial charge in [0, 0.05) is 0 Å². The van der Waals surface area contributed by atoms with Crippen molar-refractivity contribution in [2.75, 3.05) is 16.8 Å². The fourth-order valence-electron chi connectivity index (χ4n) is 3.34. The van der Waals surface area contributed by atoms with Gasteiger partial charge < -0.3 is 10.1 Å². The topological polar surface area (TPSA) is 75.7 Å². The molecule has 3 aromatic carbocycles. The van der Waals surface area contributed by atoms with Gasteiger partial charge in [-0.1, -0.05) is 43.3 Å². The Morgan fingerprint density at radius 3 is 2.10 bits per heavy atom. The van der Waals surface area contributed by atoms with Gasteiger partial charge in [-0.25, -0.2) is 4.90 Å². The molecule has 1 aliphatic rings. The highest BCUT2D eigenvalue weighted by molar-refractivity contribution is 6.35. The van der Waals surface area contributed by atoms with Crippen molar-refractivity contribution in [1.29, 1.82) is 0 Å². The SMILES string of the molecule is CCc1ccc(OCC(=O)Nc2ccccc2N2C(=O)c3ccccc3C2=O)cc1. The van der Waals surface area contributed by atoms with Crippen LogP contribution >= 0.6 is 0 Å². The van der Waals surface area contributed by atoms with E-state index in [9.17, 15) is 14.4 Å².